The summed E-state index contributed by atoms with van der Waals surface area (Å²) in [7, 11) is -4.32. The van der Waals surface area contributed by atoms with Crippen molar-refractivity contribution in [2.75, 3.05) is 6.61 Å². The number of hydrogen-bond acceptors (Lipinski definition) is 3. The van der Waals surface area contributed by atoms with Gasteiger partial charge in [0.15, 0.2) is 17.5 Å². The first-order valence-electron chi connectivity index (χ1n) is 6.63. The molecule has 0 radical (unpaired) electrons. The van der Waals surface area contributed by atoms with Gasteiger partial charge in [0, 0.05) is 12.6 Å². The molecule has 1 saturated carbocycles. The van der Waals surface area contributed by atoms with Crippen LogP contribution in [-0.2, 0) is 10.0 Å². The Balaban J connectivity index is 2.28. The molecule has 0 saturated heterocycles. The predicted molar refractivity (Wildman–Crippen MR) is 69.5 cm³/mol. The third-order valence-corrected chi connectivity index (χ3v) is 5.25. The average molecular weight is 323 g/mol. The Bertz CT molecular complexity index is 621. The summed E-state index contributed by atoms with van der Waals surface area (Å²) in [5.41, 5.74) is 0. The second-order valence-electron chi connectivity index (χ2n) is 5.13. The minimum atomic E-state index is -4.32. The van der Waals surface area contributed by atoms with Crippen LogP contribution < -0.4 is 4.72 Å². The van der Waals surface area contributed by atoms with E-state index in [0.29, 0.717) is 25.0 Å². The first-order valence-corrected chi connectivity index (χ1v) is 8.12. The molecule has 0 amide bonds. The van der Waals surface area contributed by atoms with Gasteiger partial charge in [-0.1, -0.05) is 12.8 Å². The quantitative estimate of drug-likeness (QED) is 0.832. The van der Waals surface area contributed by atoms with Gasteiger partial charge in [-0.15, -0.1) is 0 Å². The minimum absolute atomic E-state index is 0.187. The third-order valence-electron chi connectivity index (χ3n) is 3.74. The van der Waals surface area contributed by atoms with E-state index in [1.807, 2.05) is 0 Å². The Morgan fingerprint density at radius 2 is 1.81 bits per heavy atom. The second-order valence-corrected chi connectivity index (χ2v) is 6.81. The smallest absolute Gasteiger partial charge is 0.243 e. The molecule has 1 aromatic rings. The van der Waals surface area contributed by atoms with Crippen molar-refractivity contribution in [1.82, 2.24) is 4.72 Å². The van der Waals surface area contributed by atoms with E-state index in [4.69, 9.17) is 0 Å². The van der Waals surface area contributed by atoms with E-state index in [1.54, 1.807) is 0 Å². The lowest BCUT2D eigenvalue weighted by Crippen LogP contribution is -2.43. The summed E-state index contributed by atoms with van der Waals surface area (Å²) in [5.74, 6) is -5.27. The highest BCUT2D eigenvalue weighted by molar-refractivity contribution is 7.89. The van der Waals surface area contributed by atoms with Gasteiger partial charge in [-0.3, -0.25) is 0 Å². The summed E-state index contributed by atoms with van der Waals surface area (Å²) >= 11 is 0. The zero-order valence-corrected chi connectivity index (χ0v) is 12.0. The Hall–Kier alpha value is -1.12. The molecule has 4 nitrogen and oxygen atoms in total. The van der Waals surface area contributed by atoms with Gasteiger partial charge in [0.1, 0.15) is 4.90 Å². The van der Waals surface area contributed by atoms with Crippen molar-refractivity contribution in [1.29, 1.82) is 0 Å². The average Bonchev–Trinajstić information content (AvgIpc) is 2.44. The Kier molecular flexibility index (Phi) is 4.90. The van der Waals surface area contributed by atoms with Crippen molar-refractivity contribution in [2.45, 2.75) is 36.6 Å². The normalized spacial score (nSPS) is 23.2. The number of sulfonamides is 1. The number of aliphatic hydroxyl groups excluding tert-OH is 1. The summed E-state index contributed by atoms with van der Waals surface area (Å²) in [5, 5.41) is 9.25. The maximum atomic E-state index is 13.6. The van der Waals surface area contributed by atoms with Crippen LogP contribution in [0.3, 0.4) is 0 Å². The highest BCUT2D eigenvalue weighted by Gasteiger charge is 2.31. The van der Waals surface area contributed by atoms with E-state index in [2.05, 4.69) is 4.72 Å². The summed E-state index contributed by atoms with van der Waals surface area (Å²) in [4.78, 5) is -0.927. The number of halogens is 3. The van der Waals surface area contributed by atoms with Crippen molar-refractivity contribution < 1.29 is 26.7 Å². The van der Waals surface area contributed by atoms with Crippen LogP contribution in [-0.4, -0.2) is 26.2 Å². The molecule has 2 rings (SSSR count). The lowest BCUT2D eigenvalue weighted by atomic mass is 9.86. The molecule has 0 bridgehead atoms. The molecule has 2 unspecified atom stereocenters. The van der Waals surface area contributed by atoms with Gasteiger partial charge in [-0.05, 0) is 30.9 Å². The molecule has 0 aromatic heterocycles. The van der Waals surface area contributed by atoms with Crippen molar-refractivity contribution >= 4 is 10.0 Å². The molecule has 2 N–H and O–H groups in total. The number of nitrogens with one attached hydrogen (secondary N) is 1. The van der Waals surface area contributed by atoms with Crippen LogP contribution in [0.25, 0.3) is 0 Å². The van der Waals surface area contributed by atoms with Gasteiger partial charge in [0.05, 0.1) is 0 Å². The molecule has 0 spiro atoms. The second kappa shape index (κ2) is 6.33. The van der Waals surface area contributed by atoms with Crippen molar-refractivity contribution in [2.24, 2.45) is 5.92 Å². The topological polar surface area (TPSA) is 66.4 Å². The minimum Gasteiger partial charge on any atom is -0.396 e. The van der Waals surface area contributed by atoms with Crippen molar-refractivity contribution in [3.05, 3.63) is 29.6 Å². The Morgan fingerprint density at radius 3 is 2.48 bits per heavy atom. The van der Waals surface area contributed by atoms with Crippen LogP contribution >= 0.6 is 0 Å². The van der Waals surface area contributed by atoms with E-state index >= 15 is 0 Å². The fourth-order valence-corrected chi connectivity index (χ4v) is 3.97. The SMILES string of the molecule is O=S(=O)(NC1CCCCC1CO)c1ccc(F)c(F)c1F. The van der Waals surface area contributed by atoms with Gasteiger partial charge in [0.25, 0.3) is 0 Å². The zero-order chi connectivity index (χ0) is 15.6. The maximum absolute atomic E-state index is 13.6. The standard InChI is InChI=1S/C13H16F3NO3S/c14-9-5-6-11(13(16)12(9)15)21(19,20)17-10-4-2-1-3-8(10)7-18/h5-6,8,10,17-18H,1-4,7H2. The summed E-state index contributed by atoms with van der Waals surface area (Å²) < 4.78 is 66.2. The van der Waals surface area contributed by atoms with Crippen LogP contribution in [0.4, 0.5) is 13.2 Å². The first kappa shape index (κ1) is 16.3. The largest absolute Gasteiger partial charge is 0.396 e. The fraction of sp³-hybridized carbons (Fsp3) is 0.538. The molecule has 21 heavy (non-hydrogen) atoms. The van der Waals surface area contributed by atoms with E-state index in [0.717, 1.165) is 12.8 Å². The van der Waals surface area contributed by atoms with E-state index in [1.165, 1.54) is 0 Å². The van der Waals surface area contributed by atoms with Gasteiger partial charge >= 0.3 is 0 Å². The Labute approximate surface area is 121 Å². The molecular weight excluding hydrogens is 307 g/mol. The molecule has 1 aliphatic rings. The van der Waals surface area contributed by atoms with Gasteiger partial charge < -0.3 is 5.11 Å². The number of benzene rings is 1. The molecule has 2 atom stereocenters. The summed E-state index contributed by atoms with van der Waals surface area (Å²) in [6.45, 7) is -0.187. The van der Waals surface area contributed by atoms with Crippen LogP contribution in [0.2, 0.25) is 0 Å². The van der Waals surface area contributed by atoms with Crippen LogP contribution in [0.15, 0.2) is 17.0 Å². The van der Waals surface area contributed by atoms with Crippen molar-refractivity contribution in [3.63, 3.8) is 0 Å². The number of rotatable bonds is 4. The lowest BCUT2D eigenvalue weighted by Gasteiger charge is -2.30. The zero-order valence-electron chi connectivity index (χ0n) is 11.2. The molecule has 1 fully saturated rings. The van der Waals surface area contributed by atoms with Crippen LogP contribution in [0, 0.1) is 23.4 Å². The van der Waals surface area contributed by atoms with Gasteiger partial charge in [-0.2, -0.15) is 0 Å². The number of hydrogen-bond donors (Lipinski definition) is 2. The highest BCUT2D eigenvalue weighted by Crippen LogP contribution is 2.26. The van der Waals surface area contributed by atoms with E-state index < -0.39 is 38.4 Å². The highest BCUT2D eigenvalue weighted by atomic mass is 32.2. The van der Waals surface area contributed by atoms with E-state index in [-0.39, 0.29) is 12.5 Å². The van der Waals surface area contributed by atoms with Gasteiger partial charge in [-0.25, -0.2) is 26.3 Å². The monoisotopic (exact) mass is 323 g/mol. The fourth-order valence-electron chi connectivity index (χ4n) is 2.56. The van der Waals surface area contributed by atoms with Crippen molar-refractivity contribution in [3.8, 4) is 0 Å². The first-order chi connectivity index (χ1) is 9.86. The molecule has 1 aliphatic carbocycles. The van der Waals surface area contributed by atoms with E-state index in [9.17, 15) is 26.7 Å². The molecule has 1 aromatic carbocycles. The molecule has 0 aliphatic heterocycles. The summed E-state index contributed by atoms with van der Waals surface area (Å²) in [6, 6.07) is 0.714. The van der Waals surface area contributed by atoms with Crippen LogP contribution in [0.1, 0.15) is 25.7 Å². The maximum Gasteiger partial charge on any atom is 0.243 e. The molecule has 118 valence electrons. The molecular formula is C13H16F3NO3S. The predicted octanol–water partition coefficient (Wildman–Crippen LogP) is 1.93. The van der Waals surface area contributed by atoms with Gasteiger partial charge in [0.2, 0.25) is 10.0 Å². The summed E-state index contributed by atoms with van der Waals surface area (Å²) in [6.07, 6.45) is 2.83. The van der Waals surface area contributed by atoms with Crippen LogP contribution in [0.5, 0.6) is 0 Å². The molecule has 8 heteroatoms. The lowest BCUT2D eigenvalue weighted by molar-refractivity contribution is 0.164. The third kappa shape index (κ3) is 3.38. The Morgan fingerprint density at radius 1 is 1.14 bits per heavy atom. The number of aliphatic hydroxyl groups is 1. The molecule has 0 heterocycles.